The van der Waals surface area contributed by atoms with Crippen molar-refractivity contribution in [3.05, 3.63) is 18.1 Å². The van der Waals surface area contributed by atoms with Crippen LogP contribution in [-0.4, -0.2) is 28.6 Å². The maximum Gasteiger partial charge on any atom is 0.147 e. The normalized spacial score (nSPS) is 22.8. The largest absolute Gasteiger partial charge is 0.350 e. The second-order valence-corrected chi connectivity index (χ2v) is 6.29. The third kappa shape index (κ3) is 3.69. The summed E-state index contributed by atoms with van der Waals surface area (Å²) in [6.07, 6.45) is 7.58. The highest BCUT2D eigenvalue weighted by molar-refractivity contribution is 5.40. The molecule has 1 aromatic rings. The van der Waals surface area contributed by atoms with E-state index in [1.165, 1.54) is 19.3 Å². The maximum atomic E-state index is 4.63. The summed E-state index contributed by atoms with van der Waals surface area (Å²) < 4.78 is 0. The van der Waals surface area contributed by atoms with Crippen LogP contribution in [0.5, 0.6) is 0 Å². The van der Waals surface area contributed by atoms with Gasteiger partial charge in [0.25, 0.3) is 0 Å². The van der Waals surface area contributed by atoms with Gasteiger partial charge in [-0.15, -0.1) is 0 Å². The average Bonchev–Trinajstić information content (AvgIpc) is 2.80. The summed E-state index contributed by atoms with van der Waals surface area (Å²) in [5.74, 6) is 1.70. The van der Waals surface area contributed by atoms with Crippen molar-refractivity contribution in [2.75, 3.05) is 11.4 Å². The fourth-order valence-electron chi connectivity index (χ4n) is 2.95. The molecule has 2 heterocycles. The van der Waals surface area contributed by atoms with Crippen LogP contribution in [0.1, 0.15) is 52.7 Å². The van der Waals surface area contributed by atoms with Crippen LogP contribution in [0.3, 0.4) is 0 Å². The van der Waals surface area contributed by atoms with Crippen molar-refractivity contribution < 1.29 is 0 Å². The predicted molar refractivity (Wildman–Crippen MR) is 83.8 cm³/mol. The number of hydrogen-bond donors (Lipinski definition) is 1. The molecule has 1 N–H and O–H groups in total. The standard InChI is InChI=1S/C16H28N4/c1-5-15-7-6-13(4)20(15)16-11-18-14(10-19-16)9-17-8-12(2)3/h10-13,15,17H,5-9H2,1-4H3. The zero-order chi connectivity index (χ0) is 14.5. The van der Waals surface area contributed by atoms with Crippen molar-refractivity contribution in [3.8, 4) is 0 Å². The van der Waals surface area contributed by atoms with Gasteiger partial charge in [-0.05, 0) is 38.6 Å². The molecule has 1 aromatic heterocycles. The Labute approximate surface area is 123 Å². The first-order chi connectivity index (χ1) is 9.61. The van der Waals surface area contributed by atoms with E-state index < -0.39 is 0 Å². The van der Waals surface area contributed by atoms with E-state index in [1.807, 2.05) is 12.4 Å². The van der Waals surface area contributed by atoms with Crippen molar-refractivity contribution in [1.82, 2.24) is 15.3 Å². The van der Waals surface area contributed by atoms with E-state index in [0.717, 1.165) is 24.6 Å². The van der Waals surface area contributed by atoms with Gasteiger partial charge < -0.3 is 10.2 Å². The number of nitrogens with one attached hydrogen (secondary N) is 1. The van der Waals surface area contributed by atoms with Crippen LogP contribution in [0.2, 0.25) is 0 Å². The van der Waals surface area contributed by atoms with Gasteiger partial charge in [0, 0.05) is 18.6 Å². The Hall–Kier alpha value is -1.16. The number of rotatable bonds is 6. The molecule has 0 spiro atoms. The molecule has 112 valence electrons. The lowest BCUT2D eigenvalue weighted by Gasteiger charge is -2.28. The first kappa shape index (κ1) is 15.2. The lowest BCUT2D eigenvalue weighted by molar-refractivity contribution is 0.547. The van der Waals surface area contributed by atoms with Crippen LogP contribution in [0.15, 0.2) is 12.4 Å². The summed E-state index contributed by atoms with van der Waals surface area (Å²) in [4.78, 5) is 11.6. The minimum atomic E-state index is 0.583. The Balaban J connectivity index is 1.97. The molecule has 2 rings (SSSR count). The average molecular weight is 276 g/mol. The molecule has 1 aliphatic heterocycles. The van der Waals surface area contributed by atoms with Crippen LogP contribution >= 0.6 is 0 Å². The van der Waals surface area contributed by atoms with E-state index in [-0.39, 0.29) is 0 Å². The van der Waals surface area contributed by atoms with Crippen LogP contribution in [0, 0.1) is 5.92 Å². The Bertz CT molecular complexity index is 401. The highest BCUT2D eigenvalue weighted by atomic mass is 15.3. The van der Waals surface area contributed by atoms with Crippen molar-refractivity contribution in [1.29, 1.82) is 0 Å². The van der Waals surface area contributed by atoms with Crippen molar-refractivity contribution in [2.45, 2.75) is 65.6 Å². The lowest BCUT2D eigenvalue weighted by atomic mass is 10.1. The molecule has 0 bridgehead atoms. The topological polar surface area (TPSA) is 41.1 Å². The van der Waals surface area contributed by atoms with Gasteiger partial charge in [-0.25, -0.2) is 4.98 Å². The molecule has 1 fully saturated rings. The molecule has 1 saturated heterocycles. The summed E-state index contributed by atoms with van der Waals surface area (Å²) in [6, 6.07) is 1.21. The van der Waals surface area contributed by atoms with Crippen molar-refractivity contribution >= 4 is 5.82 Å². The molecule has 1 aliphatic rings. The minimum absolute atomic E-state index is 0.583. The smallest absolute Gasteiger partial charge is 0.147 e. The highest BCUT2D eigenvalue weighted by Crippen LogP contribution is 2.30. The van der Waals surface area contributed by atoms with Crippen LogP contribution in [-0.2, 0) is 6.54 Å². The summed E-state index contributed by atoms with van der Waals surface area (Å²) >= 11 is 0. The molecule has 20 heavy (non-hydrogen) atoms. The lowest BCUT2D eigenvalue weighted by Crippen LogP contribution is -2.35. The summed E-state index contributed by atoms with van der Waals surface area (Å²) in [6.45, 7) is 10.8. The second kappa shape index (κ2) is 7.02. The Morgan fingerprint density at radius 3 is 2.70 bits per heavy atom. The molecule has 0 aromatic carbocycles. The zero-order valence-corrected chi connectivity index (χ0v) is 13.3. The van der Waals surface area contributed by atoms with Gasteiger partial charge >= 0.3 is 0 Å². The van der Waals surface area contributed by atoms with Crippen LogP contribution in [0.25, 0.3) is 0 Å². The Morgan fingerprint density at radius 1 is 1.30 bits per heavy atom. The summed E-state index contributed by atoms with van der Waals surface area (Å²) in [7, 11) is 0. The third-order valence-corrected chi connectivity index (χ3v) is 4.07. The quantitative estimate of drug-likeness (QED) is 0.867. The van der Waals surface area contributed by atoms with E-state index >= 15 is 0 Å². The van der Waals surface area contributed by atoms with Gasteiger partial charge in [0.05, 0.1) is 18.1 Å². The molecule has 2 unspecified atom stereocenters. The highest BCUT2D eigenvalue weighted by Gasteiger charge is 2.30. The number of hydrogen-bond acceptors (Lipinski definition) is 4. The number of anilines is 1. The van der Waals surface area contributed by atoms with Crippen molar-refractivity contribution in [3.63, 3.8) is 0 Å². The third-order valence-electron chi connectivity index (χ3n) is 4.07. The Kier molecular flexibility index (Phi) is 5.35. The minimum Gasteiger partial charge on any atom is -0.350 e. The van der Waals surface area contributed by atoms with Gasteiger partial charge in [0.1, 0.15) is 5.82 Å². The van der Waals surface area contributed by atoms with E-state index in [1.54, 1.807) is 0 Å². The van der Waals surface area contributed by atoms with Gasteiger partial charge in [-0.1, -0.05) is 20.8 Å². The zero-order valence-electron chi connectivity index (χ0n) is 13.3. The monoisotopic (exact) mass is 276 g/mol. The maximum absolute atomic E-state index is 4.63. The van der Waals surface area contributed by atoms with Crippen molar-refractivity contribution in [2.24, 2.45) is 5.92 Å². The molecule has 4 nitrogen and oxygen atoms in total. The van der Waals surface area contributed by atoms with E-state index in [0.29, 0.717) is 18.0 Å². The predicted octanol–water partition coefficient (Wildman–Crippen LogP) is 2.99. The first-order valence-corrected chi connectivity index (χ1v) is 7.91. The van der Waals surface area contributed by atoms with Gasteiger partial charge in [-0.2, -0.15) is 0 Å². The van der Waals surface area contributed by atoms with Gasteiger partial charge in [0.2, 0.25) is 0 Å². The first-order valence-electron chi connectivity index (χ1n) is 7.91. The second-order valence-electron chi connectivity index (χ2n) is 6.29. The summed E-state index contributed by atoms with van der Waals surface area (Å²) in [5.41, 5.74) is 1.02. The number of aromatic nitrogens is 2. The fourth-order valence-corrected chi connectivity index (χ4v) is 2.95. The van der Waals surface area contributed by atoms with E-state index in [4.69, 9.17) is 0 Å². The van der Waals surface area contributed by atoms with E-state index in [2.05, 4.69) is 47.9 Å². The van der Waals surface area contributed by atoms with Gasteiger partial charge in [0.15, 0.2) is 0 Å². The number of nitrogens with zero attached hydrogens (tertiary/aromatic N) is 3. The molecule has 4 heteroatoms. The molecule has 2 atom stereocenters. The molecule has 0 aliphatic carbocycles. The molecular formula is C16H28N4. The summed E-state index contributed by atoms with van der Waals surface area (Å²) in [5, 5.41) is 3.40. The Morgan fingerprint density at radius 2 is 2.10 bits per heavy atom. The molecular weight excluding hydrogens is 248 g/mol. The van der Waals surface area contributed by atoms with Crippen LogP contribution < -0.4 is 10.2 Å². The molecule has 0 saturated carbocycles. The van der Waals surface area contributed by atoms with Gasteiger partial charge in [-0.3, -0.25) is 4.98 Å². The van der Waals surface area contributed by atoms with Crippen LogP contribution in [0.4, 0.5) is 5.82 Å². The molecule has 0 amide bonds. The fraction of sp³-hybridized carbons (Fsp3) is 0.750. The van der Waals surface area contributed by atoms with E-state index in [9.17, 15) is 0 Å². The SMILES string of the molecule is CCC1CCC(C)N1c1cnc(CNCC(C)C)cn1. The molecule has 0 radical (unpaired) electrons.